The molecule has 0 saturated carbocycles. The Hall–Kier alpha value is -3.89. The first kappa shape index (κ1) is 31.1. The largest absolute Gasteiger partial charge is 0.396 e. The maximum atomic E-state index is 15.5. The van der Waals surface area contributed by atoms with Gasteiger partial charge in [-0.1, -0.05) is 19.9 Å². The lowest BCUT2D eigenvalue weighted by Crippen LogP contribution is -2.38. The van der Waals surface area contributed by atoms with Crippen molar-refractivity contribution < 1.29 is 18.7 Å². The van der Waals surface area contributed by atoms with Crippen LogP contribution in [0, 0.1) is 17.7 Å². The number of nitrogens with zero attached hydrogens (tertiary/aromatic N) is 5. The van der Waals surface area contributed by atoms with Crippen molar-refractivity contribution in [3.63, 3.8) is 0 Å². The van der Waals surface area contributed by atoms with Gasteiger partial charge in [0.05, 0.1) is 24.1 Å². The summed E-state index contributed by atoms with van der Waals surface area (Å²) in [5.41, 5.74) is 2.99. The van der Waals surface area contributed by atoms with Gasteiger partial charge in [0.25, 0.3) is 5.91 Å². The van der Waals surface area contributed by atoms with E-state index in [1.807, 2.05) is 32.0 Å². The molecule has 1 amide bonds. The van der Waals surface area contributed by atoms with E-state index in [1.165, 1.54) is 6.07 Å². The highest BCUT2D eigenvalue weighted by molar-refractivity contribution is 5.98. The number of fused-ring (bicyclic) bond motifs is 2. The number of aliphatic hydroxyl groups excluding tert-OH is 1. The molecule has 1 fully saturated rings. The summed E-state index contributed by atoms with van der Waals surface area (Å²) < 4.78 is 31.0. The van der Waals surface area contributed by atoms with Gasteiger partial charge in [0, 0.05) is 48.0 Å². The highest BCUT2D eigenvalue weighted by atomic mass is 19.1. The first-order chi connectivity index (χ1) is 21.7. The van der Waals surface area contributed by atoms with Gasteiger partial charge in [0.2, 0.25) is 0 Å². The minimum absolute atomic E-state index is 0.141. The van der Waals surface area contributed by atoms with Gasteiger partial charge in [0.15, 0.2) is 0 Å². The van der Waals surface area contributed by atoms with Crippen LogP contribution in [0.1, 0.15) is 72.8 Å². The second-order valence-corrected chi connectivity index (χ2v) is 12.9. The van der Waals surface area contributed by atoms with Gasteiger partial charge in [-0.15, -0.1) is 0 Å². The number of carbonyl (C=O) groups is 1. The van der Waals surface area contributed by atoms with Crippen molar-refractivity contribution in [2.45, 2.75) is 64.1 Å². The molecular formula is C35H40F2N6O2. The summed E-state index contributed by atoms with van der Waals surface area (Å²) in [6.45, 7) is 6.51. The predicted molar refractivity (Wildman–Crippen MR) is 169 cm³/mol. The van der Waals surface area contributed by atoms with Crippen molar-refractivity contribution in [1.82, 2.24) is 30.4 Å². The maximum absolute atomic E-state index is 15.5. The fourth-order valence-electron chi connectivity index (χ4n) is 6.54. The van der Waals surface area contributed by atoms with Crippen molar-refractivity contribution in [1.29, 1.82) is 0 Å². The van der Waals surface area contributed by atoms with Crippen LogP contribution in [0.2, 0.25) is 0 Å². The van der Waals surface area contributed by atoms with Crippen molar-refractivity contribution in [3.8, 4) is 11.3 Å². The lowest BCUT2D eigenvalue weighted by atomic mass is 9.77. The second-order valence-electron chi connectivity index (χ2n) is 12.9. The maximum Gasteiger partial charge on any atom is 0.251 e. The van der Waals surface area contributed by atoms with Crippen LogP contribution in [-0.4, -0.2) is 68.0 Å². The summed E-state index contributed by atoms with van der Waals surface area (Å²) in [4.78, 5) is 25.2. The number of nitrogens with one attached hydrogen (secondary N) is 1. The molecule has 2 atom stereocenters. The third-order valence-corrected chi connectivity index (χ3v) is 9.67. The normalized spacial score (nSPS) is 19.9. The van der Waals surface area contributed by atoms with E-state index in [2.05, 4.69) is 30.4 Å². The van der Waals surface area contributed by atoms with Crippen LogP contribution in [0.5, 0.6) is 0 Å². The Bertz CT molecular complexity index is 1640. The van der Waals surface area contributed by atoms with Crippen LogP contribution in [-0.2, 0) is 12.8 Å². The van der Waals surface area contributed by atoms with Crippen LogP contribution in [0.4, 0.5) is 8.78 Å². The van der Waals surface area contributed by atoms with E-state index in [4.69, 9.17) is 0 Å². The molecule has 3 aromatic heterocycles. The zero-order chi connectivity index (χ0) is 31.6. The van der Waals surface area contributed by atoms with Gasteiger partial charge in [-0.2, -0.15) is 10.2 Å². The van der Waals surface area contributed by atoms with Crippen LogP contribution >= 0.6 is 0 Å². The number of aryl methyl sites for hydroxylation is 1. The standard InChI is InChI=1S/C35H40F2N6O2/c1-22(2)35(37)10-5-31-28(18-35)16-26-15-27(17-29(36)33(26)41-31)34(45)42-32(9-14-43-12-7-23(21-44)8-13-43)24-3-4-30(38-19-24)25-6-11-39-40-20-25/h3-4,6,11,15-17,19-20,22-23,32,44H,5,7-10,12-14,18,21H2,1-2H3,(H,42,45)/t32-,35+/m1/s1. The van der Waals surface area contributed by atoms with Crippen molar-refractivity contribution in [2.75, 3.05) is 26.2 Å². The minimum Gasteiger partial charge on any atom is -0.396 e. The number of likely N-dealkylation sites (tertiary alicyclic amines) is 1. The summed E-state index contributed by atoms with van der Waals surface area (Å²) in [7, 11) is 0. The Kier molecular flexibility index (Phi) is 9.14. The van der Waals surface area contributed by atoms with Crippen LogP contribution < -0.4 is 5.32 Å². The average Bonchev–Trinajstić information content (AvgIpc) is 3.06. The van der Waals surface area contributed by atoms with E-state index in [9.17, 15) is 9.90 Å². The van der Waals surface area contributed by atoms with E-state index in [1.54, 1.807) is 30.7 Å². The number of aromatic nitrogens is 4. The molecule has 8 nitrogen and oxygen atoms in total. The number of rotatable bonds is 9. The number of amides is 1. The Balaban J connectivity index is 1.24. The van der Waals surface area contributed by atoms with E-state index in [-0.39, 0.29) is 36.1 Å². The fraction of sp³-hybridized carbons (Fsp3) is 0.457. The topological polar surface area (TPSA) is 104 Å². The predicted octanol–water partition coefficient (Wildman–Crippen LogP) is 5.64. The van der Waals surface area contributed by atoms with Crippen LogP contribution in [0.15, 0.2) is 55.0 Å². The summed E-state index contributed by atoms with van der Waals surface area (Å²) in [5.74, 6) is -0.771. The summed E-state index contributed by atoms with van der Waals surface area (Å²) in [6, 6.07) is 10.00. The zero-order valence-corrected chi connectivity index (χ0v) is 25.8. The lowest BCUT2D eigenvalue weighted by Gasteiger charge is -2.34. The van der Waals surface area contributed by atoms with Gasteiger partial charge < -0.3 is 15.3 Å². The van der Waals surface area contributed by atoms with Crippen molar-refractivity contribution in [3.05, 3.63) is 83.2 Å². The number of benzene rings is 1. The lowest BCUT2D eigenvalue weighted by molar-refractivity contribution is 0.0821. The second kappa shape index (κ2) is 13.2. The third-order valence-electron chi connectivity index (χ3n) is 9.67. The van der Waals surface area contributed by atoms with Crippen molar-refractivity contribution >= 4 is 16.8 Å². The van der Waals surface area contributed by atoms with E-state index in [0.717, 1.165) is 60.6 Å². The van der Waals surface area contributed by atoms with Gasteiger partial charge in [0.1, 0.15) is 17.0 Å². The molecule has 1 saturated heterocycles. The molecule has 0 unspecified atom stereocenters. The van der Waals surface area contributed by atoms with Gasteiger partial charge in [-0.3, -0.25) is 9.78 Å². The molecule has 2 N–H and O–H groups in total. The van der Waals surface area contributed by atoms with Gasteiger partial charge in [-0.05, 0) is 98.5 Å². The third kappa shape index (κ3) is 6.87. The number of hydrogen-bond acceptors (Lipinski definition) is 7. The highest BCUT2D eigenvalue weighted by Crippen LogP contribution is 2.38. The molecule has 6 rings (SSSR count). The number of carbonyl (C=O) groups excluding carboxylic acids is 1. The number of piperidine rings is 1. The molecule has 4 heterocycles. The molecule has 0 radical (unpaired) electrons. The van der Waals surface area contributed by atoms with Gasteiger partial charge >= 0.3 is 0 Å². The molecule has 1 aromatic carbocycles. The number of halogens is 2. The smallest absolute Gasteiger partial charge is 0.251 e. The Labute approximate surface area is 262 Å². The molecule has 1 aliphatic heterocycles. The first-order valence-electron chi connectivity index (χ1n) is 15.9. The summed E-state index contributed by atoms with van der Waals surface area (Å²) in [6.07, 6.45) is 8.60. The van der Waals surface area contributed by atoms with E-state index in [0.29, 0.717) is 30.6 Å². The molecule has 4 aromatic rings. The fourth-order valence-corrected chi connectivity index (χ4v) is 6.54. The molecule has 236 valence electrons. The number of aliphatic hydroxyl groups is 1. The molecular weight excluding hydrogens is 574 g/mol. The van der Waals surface area contributed by atoms with E-state index >= 15 is 8.78 Å². The van der Waals surface area contributed by atoms with Gasteiger partial charge in [-0.25, -0.2) is 13.8 Å². The average molecular weight is 615 g/mol. The van der Waals surface area contributed by atoms with Crippen LogP contribution in [0.25, 0.3) is 22.2 Å². The molecule has 0 bridgehead atoms. The Morgan fingerprint density at radius 3 is 2.64 bits per heavy atom. The molecule has 45 heavy (non-hydrogen) atoms. The SMILES string of the molecule is CC(C)[C@]1(F)CCc2nc3c(F)cc(C(=O)N[C@H](CCN4CCC(CO)CC4)c4ccc(-c5ccnnc5)nc4)cc3cc2C1. The van der Waals surface area contributed by atoms with Crippen molar-refractivity contribution in [2.24, 2.45) is 11.8 Å². The highest BCUT2D eigenvalue weighted by Gasteiger charge is 2.38. The molecule has 2 aliphatic rings. The number of alkyl halides is 1. The molecule has 1 aliphatic carbocycles. The molecule has 10 heteroatoms. The first-order valence-corrected chi connectivity index (χ1v) is 15.9. The van der Waals surface area contributed by atoms with Crippen LogP contribution in [0.3, 0.4) is 0 Å². The quantitative estimate of drug-likeness (QED) is 0.251. The number of hydrogen-bond donors (Lipinski definition) is 2. The monoisotopic (exact) mass is 614 g/mol. The summed E-state index contributed by atoms with van der Waals surface area (Å²) in [5, 5.41) is 20.9. The number of pyridine rings is 2. The molecule has 0 spiro atoms. The minimum atomic E-state index is -1.33. The Morgan fingerprint density at radius 2 is 1.96 bits per heavy atom. The Morgan fingerprint density at radius 1 is 1.13 bits per heavy atom. The summed E-state index contributed by atoms with van der Waals surface area (Å²) >= 11 is 0. The van der Waals surface area contributed by atoms with E-state index < -0.39 is 17.4 Å². The zero-order valence-electron chi connectivity index (χ0n) is 25.8.